The van der Waals surface area contributed by atoms with Gasteiger partial charge in [0, 0.05) is 45.5 Å². The van der Waals surface area contributed by atoms with Crippen LogP contribution in [0.25, 0.3) is 0 Å². The lowest BCUT2D eigenvalue weighted by Crippen LogP contribution is -2.34. The summed E-state index contributed by atoms with van der Waals surface area (Å²) in [6, 6.07) is 5.21. The maximum atomic E-state index is 11.9. The fourth-order valence-corrected chi connectivity index (χ4v) is 4.53. The number of pyridine rings is 1. The van der Waals surface area contributed by atoms with E-state index in [1.807, 2.05) is 12.1 Å². The fourth-order valence-electron chi connectivity index (χ4n) is 4.53. The first kappa shape index (κ1) is 18.3. The number of amides is 1. The first-order valence-electron chi connectivity index (χ1n) is 7.83. The lowest BCUT2D eigenvalue weighted by atomic mass is 9.82. The molecule has 0 aromatic carbocycles. The number of aromatic nitrogens is 1. The highest BCUT2D eigenvalue weighted by Gasteiger charge is 2.54. The van der Waals surface area contributed by atoms with Gasteiger partial charge in [0.25, 0.3) is 5.91 Å². The number of hydrogen-bond acceptors (Lipinski definition) is 4. The van der Waals surface area contributed by atoms with Crippen molar-refractivity contribution in [3.8, 4) is 0 Å². The Morgan fingerprint density at radius 1 is 1.17 bits per heavy atom. The Morgan fingerprint density at radius 3 is 2.26 bits per heavy atom. The molecule has 3 saturated heterocycles. The van der Waals surface area contributed by atoms with Gasteiger partial charge in [-0.2, -0.15) is 0 Å². The van der Waals surface area contributed by atoms with E-state index in [-0.39, 0.29) is 30.7 Å². The highest BCUT2D eigenvalue weighted by atomic mass is 35.5. The zero-order chi connectivity index (χ0) is 14.6. The molecule has 3 aliphatic rings. The average Bonchev–Trinajstić information content (AvgIpc) is 3.18. The van der Waals surface area contributed by atoms with Crippen LogP contribution in [-0.4, -0.2) is 55.1 Å². The molecule has 0 spiro atoms. The van der Waals surface area contributed by atoms with Crippen LogP contribution in [0.1, 0.15) is 23.2 Å². The number of rotatable bonds is 2. The maximum Gasteiger partial charge on any atom is 0.254 e. The molecule has 2 bridgehead atoms. The van der Waals surface area contributed by atoms with Crippen molar-refractivity contribution in [1.82, 2.24) is 15.2 Å². The van der Waals surface area contributed by atoms with Crippen LogP contribution in [0, 0.1) is 11.8 Å². The molecule has 1 aromatic rings. The molecule has 1 amide bonds. The molecule has 4 heterocycles. The molecule has 23 heavy (non-hydrogen) atoms. The molecule has 128 valence electrons. The number of anilines is 1. The van der Waals surface area contributed by atoms with Gasteiger partial charge in [-0.25, -0.2) is 4.98 Å². The Balaban J connectivity index is 0.000000960. The molecule has 3 aliphatic heterocycles. The maximum absolute atomic E-state index is 11.9. The SMILES string of the molecule is CN(C)C(=O)c1ccc(N2[C@@H]3CC[C@H]2[C@H]2CNC[C@H]23)nc1.Cl.Cl. The third-order valence-electron chi connectivity index (χ3n) is 5.44. The van der Waals surface area contributed by atoms with Crippen LogP contribution in [0.4, 0.5) is 5.82 Å². The van der Waals surface area contributed by atoms with E-state index >= 15 is 0 Å². The molecule has 7 heteroatoms. The molecule has 1 N–H and O–H groups in total. The van der Waals surface area contributed by atoms with Crippen LogP contribution in [0.3, 0.4) is 0 Å². The van der Waals surface area contributed by atoms with E-state index in [1.165, 1.54) is 12.8 Å². The van der Waals surface area contributed by atoms with E-state index in [0.717, 1.165) is 30.7 Å². The van der Waals surface area contributed by atoms with E-state index in [9.17, 15) is 4.79 Å². The Kier molecular flexibility index (Phi) is 5.44. The van der Waals surface area contributed by atoms with Gasteiger partial charge in [0.1, 0.15) is 5.82 Å². The molecule has 0 radical (unpaired) electrons. The average molecular weight is 359 g/mol. The van der Waals surface area contributed by atoms with Crippen molar-refractivity contribution in [3.63, 3.8) is 0 Å². The number of nitrogens with one attached hydrogen (secondary N) is 1. The van der Waals surface area contributed by atoms with Crippen LogP contribution >= 0.6 is 24.8 Å². The van der Waals surface area contributed by atoms with E-state index in [4.69, 9.17) is 0 Å². The number of halogens is 2. The van der Waals surface area contributed by atoms with Crippen LogP contribution in [0.2, 0.25) is 0 Å². The summed E-state index contributed by atoms with van der Waals surface area (Å²) in [5, 5.41) is 3.54. The fraction of sp³-hybridized carbons (Fsp3) is 0.625. The van der Waals surface area contributed by atoms with Crippen molar-refractivity contribution in [2.24, 2.45) is 11.8 Å². The molecule has 5 nitrogen and oxygen atoms in total. The molecule has 4 atom stereocenters. The lowest BCUT2D eigenvalue weighted by molar-refractivity contribution is 0.0827. The minimum absolute atomic E-state index is 0. The number of nitrogens with zero attached hydrogens (tertiary/aromatic N) is 3. The molecule has 1 aromatic heterocycles. The second-order valence-corrected chi connectivity index (χ2v) is 6.71. The van der Waals surface area contributed by atoms with Gasteiger partial charge >= 0.3 is 0 Å². The zero-order valence-corrected chi connectivity index (χ0v) is 15.1. The standard InChI is InChI=1S/C16H22N4O.2ClH/c1-19(2)16(21)10-3-6-15(18-7-10)20-13-4-5-14(20)12-9-17-8-11(12)13;;/h3,6-7,11-14,17H,4-5,8-9H2,1-2H3;2*1H/t11-,12+,13-,14+;;. The van der Waals surface area contributed by atoms with E-state index < -0.39 is 0 Å². The van der Waals surface area contributed by atoms with Crippen LogP contribution in [0.5, 0.6) is 0 Å². The molecule has 0 unspecified atom stereocenters. The third kappa shape index (κ3) is 2.79. The van der Waals surface area contributed by atoms with Crippen molar-refractivity contribution < 1.29 is 4.79 Å². The van der Waals surface area contributed by atoms with E-state index in [2.05, 4.69) is 15.2 Å². The molecule has 3 fully saturated rings. The number of carbonyl (C=O) groups is 1. The number of hydrogen-bond donors (Lipinski definition) is 1. The second-order valence-electron chi connectivity index (χ2n) is 6.71. The van der Waals surface area contributed by atoms with Gasteiger partial charge in [-0.3, -0.25) is 4.79 Å². The minimum Gasteiger partial charge on any atom is -0.350 e. The summed E-state index contributed by atoms with van der Waals surface area (Å²) in [5.41, 5.74) is 0.664. The third-order valence-corrected chi connectivity index (χ3v) is 5.44. The van der Waals surface area contributed by atoms with Gasteiger partial charge < -0.3 is 15.1 Å². The Bertz CT molecular complexity index is 548. The van der Waals surface area contributed by atoms with Gasteiger partial charge in [-0.1, -0.05) is 0 Å². The predicted molar refractivity (Wildman–Crippen MR) is 95.9 cm³/mol. The monoisotopic (exact) mass is 358 g/mol. The van der Waals surface area contributed by atoms with Crippen LogP contribution in [-0.2, 0) is 0 Å². The van der Waals surface area contributed by atoms with Crippen LogP contribution in [0.15, 0.2) is 18.3 Å². The summed E-state index contributed by atoms with van der Waals surface area (Å²) in [6.07, 6.45) is 4.30. The van der Waals surface area contributed by atoms with Gasteiger partial charge in [0.15, 0.2) is 0 Å². The van der Waals surface area contributed by atoms with E-state index in [0.29, 0.717) is 17.6 Å². The first-order valence-corrected chi connectivity index (χ1v) is 7.83. The summed E-state index contributed by atoms with van der Waals surface area (Å²) >= 11 is 0. The lowest BCUT2D eigenvalue weighted by Gasteiger charge is -2.26. The minimum atomic E-state index is 0. The molecular formula is C16H24Cl2N4O. The van der Waals surface area contributed by atoms with Crippen molar-refractivity contribution in [2.45, 2.75) is 24.9 Å². The van der Waals surface area contributed by atoms with Crippen molar-refractivity contribution in [2.75, 3.05) is 32.1 Å². The van der Waals surface area contributed by atoms with Crippen molar-refractivity contribution >= 4 is 36.5 Å². The largest absolute Gasteiger partial charge is 0.350 e. The van der Waals surface area contributed by atoms with Gasteiger partial charge in [-0.15, -0.1) is 24.8 Å². The van der Waals surface area contributed by atoms with Gasteiger partial charge in [-0.05, 0) is 36.8 Å². The highest BCUT2D eigenvalue weighted by Crippen LogP contribution is 2.48. The molecule has 0 saturated carbocycles. The van der Waals surface area contributed by atoms with Gasteiger partial charge in [0.2, 0.25) is 0 Å². The van der Waals surface area contributed by atoms with Crippen LogP contribution < -0.4 is 10.2 Å². The summed E-state index contributed by atoms with van der Waals surface area (Å²) in [7, 11) is 3.54. The first-order chi connectivity index (χ1) is 10.2. The van der Waals surface area contributed by atoms with Crippen molar-refractivity contribution in [3.05, 3.63) is 23.9 Å². The normalized spacial score (nSPS) is 30.4. The van der Waals surface area contributed by atoms with Crippen molar-refractivity contribution in [1.29, 1.82) is 0 Å². The molecular weight excluding hydrogens is 335 g/mol. The quantitative estimate of drug-likeness (QED) is 0.875. The summed E-state index contributed by atoms with van der Waals surface area (Å²) in [4.78, 5) is 20.6. The zero-order valence-electron chi connectivity index (χ0n) is 13.4. The summed E-state index contributed by atoms with van der Waals surface area (Å²) in [6.45, 7) is 2.30. The number of fused-ring (bicyclic) bond motifs is 5. The molecule has 0 aliphatic carbocycles. The highest BCUT2D eigenvalue weighted by molar-refractivity contribution is 5.93. The Morgan fingerprint density at radius 2 is 1.78 bits per heavy atom. The second kappa shape index (κ2) is 6.83. The predicted octanol–water partition coefficient (Wildman–Crippen LogP) is 1.81. The number of carbonyl (C=O) groups excluding carboxylic acids is 1. The van der Waals surface area contributed by atoms with E-state index in [1.54, 1.807) is 25.2 Å². The topological polar surface area (TPSA) is 48.5 Å². The smallest absolute Gasteiger partial charge is 0.254 e. The Hall–Kier alpha value is -1.04. The Labute approximate surface area is 149 Å². The summed E-state index contributed by atoms with van der Waals surface area (Å²) in [5.74, 6) is 2.63. The summed E-state index contributed by atoms with van der Waals surface area (Å²) < 4.78 is 0. The van der Waals surface area contributed by atoms with Gasteiger partial charge in [0.05, 0.1) is 5.56 Å². The molecule has 4 rings (SSSR count).